The van der Waals surface area contributed by atoms with Crippen LogP contribution in [0.4, 0.5) is 11.4 Å². The molecule has 0 aliphatic carbocycles. The largest absolute Gasteiger partial charge is 0.465 e. The van der Waals surface area contributed by atoms with Gasteiger partial charge < -0.3 is 20.1 Å². The zero-order valence-corrected chi connectivity index (χ0v) is 15.7. The fourth-order valence-electron chi connectivity index (χ4n) is 2.30. The van der Waals surface area contributed by atoms with E-state index in [9.17, 15) is 19.2 Å². The smallest absolute Gasteiger partial charge is 0.338 e. The summed E-state index contributed by atoms with van der Waals surface area (Å²) in [6, 6.07) is 10.8. The van der Waals surface area contributed by atoms with E-state index in [2.05, 4.69) is 15.4 Å². The molecule has 0 unspecified atom stereocenters. The predicted octanol–water partition coefficient (Wildman–Crippen LogP) is 2.54. The molecule has 8 heteroatoms. The molecule has 0 radical (unpaired) electrons. The Kier molecular flexibility index (Phi) is 6.86. The van der Waals surface area contributed by atoms with Gasteiger partial charge in [-0.3, -0.25) is 9.59 Å². The summed E-state index contributed by atoms with van der Waals surface area (Å²) in [6.07, 6.45) is 0. The minimum Gasteiger partial charge on any atom is -0.465 e. The number of hydrogen-bond donors (Lipinski definition) is 2. The molecular formula is C20H20N2O6. The Morgan fingerprint density at radius 1 is 0.893 bits per heavy atom. The lowest BCUT2D eigenvalue weighted by molar-refractivity contribution is -0.119. The van der Waals surface area contributed by atoms with Crippen molar-refractivity contribution >= 4 is 35.1 Å². The standard InChI is InChI=1S/C20H20N2O6/c1-12-4-5-15(19(25)27-3)10-17(12)22-18(24)11-28-20(26)14-6-8-16(9-7-14)21-13(2)23/h4-10H,11H2,1-3H3,(H,21,23)(H,22,24). The summed E-state index contributed by atoms with van der Waals surface area (Å²) in [4.78, 5) is 46.7. The highest BCUT2D eigenvalue weighted by Gasteiger charge is 2.13. The van der Waals surface area contributed by atoms with E-state index in [1.54, 1.807) is 31.2 Å². The van der Waals surface area contributed by atoms with Crippen molar-refractivity contribution in [3.05, 3.63) is 59.2 Å². The molecule has 0 heterocycles. The summed E-state index contributed by atoms with van der Waals surface area (Å²) >= 11 is 0. The second-order valence-corrected chi connectivity index (χ2v) is 5.90. The van der Waals surface area contributed by atoms with E-state index in [0.717, 1.165) is 5.56 Å². The van der Waals surface area contributed by atoms with Crippen LogP contribution in [0.2, 0.25) is 0 Å². The van der Waals surface area contributed by atoms with E-state index in [1.807, 2.05) is 0 Å². The first-order valence-electron chi connectivity index (χ1n) is 8.33. The molecule has 0 aromatic heterocycles. The second-order valence-electron chi connectivity index (χ2n) is 5.90. The zero-order valence-electron chi connectivity index (χ0n) is 15.7. The van der Waals surface area contributed by atoms with Gasteiger partial charge in [-0.25, -0.2) is 9.59 Å². The molecule has 8 nitrogen and oxygen atoms in total. The van der Waals surface area contributed by atoms with Gasteiger partial charge in [0.25, 0.3) is 5.91 Å². The number of aryl methyl sites for hydroxylation is 1. The Labute approximate surface area is 161 Å². The van der Waals surface area contributed by atoms with Gasteiger partial charge in [0.2, 0.25) is 5.91 Å². The SMILES string of the molecule is COC(=O)c1ccc(C)c(NC(=O)COC(=O)c2ccc(NC(C)=O)cc2)c1. The van der Waals surface area contributed by atoms with E-state index in [4.69, 9.17) is 4.74 Å². The number of methoxy groups -OCH3 is 1. The van der Waals surface area contributed by atoms with Crippen LogP contribution in [-0.2, 0) is 19.1 Å². The van der Waals surface area contributed by atoms with Crippen LogP contribution >= 0.6 is 0 Å². The monoisotopic (exact) mass is 384 g/mol. The molecule has 2 N–H and O–H groups in total. The van der Waals surface area contributed by atoms with Crippen molar-refractivity contribution in [3.63, 3.8) is 0 Å². The number of carbonyl (C=O) groups excluding carboxylic acids is 4. The van der Waals surface area contributed by atoms with Crippen LogP contribution in [0, 0.1) is 6.92 Å². The van der Waals surface area contributed by atoms with Crippen LogP contribution in [0.1, 0.15) is 33.2 Å². The van der Waals surface area contributed by atoms with E-state index in [1.165, 1.54) is 32.2 Å². The third-order valence-electron chi connectivity index (χ3n) is 3.71. The quantitative estimate of drug-likeness (QED) is 0.741. The van der Waals surface area contributed by atoms with Gasteiger partial charge in [-0.2, -0.15) is 0 Å². The summed E-state index contributed by atoms with van der Waals surface area (Å²) < 4.78 is 9.64. The molecule has 0 atom stereocenters. The molecule has 2 aromatic carbocycles. The van der Waals surface area contributed by atoms with Gasteiger partial charge in [-0.15, -0.1) is 0 Å². The van der Waals surface area contributed by atoms with Crippen molar-refractivity contribution in [3.8, 4) is 0 Å². The number of benzene rings is 2. The lowest BCUT2D eigenvalue weighted by Gasteiger charge is -2.10. The average molecular weight is 384 g/mol. The van der Waals surface area contributed by atoms with Crippen LogP contribution < -0.4 is 10.6 Å². The van der Waals surface area contributed by atoms with Crippen LogP contribution in [0.5, 0.6) is 0 Å². The minimum atomic E-state index is -0.676. The Morgan fingerprint density at radius 2 is 1.54 bits per heavy atom. The maximum absolute atomic E-state index is 12.1. The fourth-order valence-corrected chi connectivity index (χ4v) is 2.30. The molecule has 0 saturated heterocycles. The highest BCUT2D eigenvalue weighted by molar-refractivity contribution is 5.98. The molecular weight excluding hydrogens is 364 g/mol. The first-order chi connectivity index (χ1) is 13.3. The topological polar surface area (TPSA) is 111 Å². The Balaban J connectivity index is 1.94. The van der Waals surface area contributed by atoms with E-state index >= 15 is 0 Å². The molecule has 2 rings (SSSR count). The van der Waals surface area contributed by atoms with Crippen molar-refractivity contribution in [2.75, 3.05) is 24.4 Å². The molecule has 0 aliphatic heterocycles. The Bertz CT molecular complexity index is 905. The summed E-state index contributed by atoms with van der Waals surface area (Å²) in [7, 11) is 1.27. The first kappa shape index (κ1) is 20.6. The molecule has 2 aromatic rings. The second kappa shape index (κ2) is 9.31. The van der Waals surface area contributed by atoms with E-state index in [0.29, 0.717) is 16.9 Å². The lowest BCUT2D eigenvalue weighted by atomic mass is 10.1. The van der Waals surface area contributed by atoms with Crippen molar-refractivity contribution < 1.29 is 28.7 Å². The highest BCUT2D eigenvalue weighted by atomic mass is 16.5. The summed E-state index contributed by atoms with van der Waals surface area (Å²) in [5.41, 5.74) is 2.23. The number of amides is 2. The van der Waals surface area contributed by atoms with Crippen LogP contribution in [0.15, 0.2) is 42.5 Å². The normalized spacial score (nSPS) is 9.96. The lowest BCUT2D eigenvalue weighted by Crippen LogP contribution is -2.21. The van der Waals surface area contributed by atoms with E-state index in [-0.39, 0.29) is 11.5 Å². The molecule has 0 spiro atoms. The number of ether oxygens (including phenoxy) is 2. The number of hydrogen-bond acceptors (Lipinski definition) is 6. The average Bonchev–Trinajstić information content (AvgIpc) is 2.67. The van der Waals surface area contributed by atoms with Gasteiger partial charge in [0.15, 0.2) is 6.61 Å². The third-order valence-corrected chi connectivity index (χ3v) is 3.71. The van der Waals surface area contributed by atoms with Gasteiger partial charge >= 0.3 is 11.9 Å². The number of anilines is 2. The number of esters is 2. The minimum absolute atomic E-state index is 0.224. The van der Waals surface area contributed by atoms with Crippen molar-refractivity contribution in [1.82, 2.24) is 0 Å². The fraction of sp³-hybridized carbons (Fsp3) is 0.200. The van der Waals surface area contributed by atoms with Gasteiger partial charge in [0.05, 0.1) is 18.2 Å². The Morgan fingerprint density at radius 3 is 2.14 bits per heavy atom. The van der Waals surface area contributed by atoms with Gasteiger partial charge in [0, 0.05) is 18.3 Å². The Hall–Kier alpha value is -3.68. The van der Waals surface area contributed by atoms with Crippen LogP contribution in [0.3, 0.4) is 0 Å². The molecule has 0 bridgehead atoms. The molecule has 0 aliphatic rings. The molecule has 0 saturated carbocycles. The van der Waals surface area contributed by atoms with Crippen molar-refractivity contribution in [2.45, 2.75) is 13.8 Å². The molecule has 2 amide bonds. The predicted molar refractivity (Wildman–Crippen MR) is 102 cm³/mol. The third kappa shape index (κ3) is 5.66. The zero-order chi connectivity index (χ0) is 20.7. The molecule has 28 heavy (non-hydrogen) atoms. The number of carbonyl (C=O) groups is 4. The van der Waals surface area contributed by atoms with Crippen molar-refractivity contribution in [2.24, 2.45) is 0 Å². The number of rotatable bonds is 6. The van der Waals surface area contributed by atoms with Gasteiger partial charge in [-0.05, 0) is 48.9 Å². The maximum atomic E-state index is 12.1. The summed E-state index contributed by atoms with van der Waals surface area (Å²) in [5.74, 6) is -1.97. The maximum Gasteiger partial charge on any atom is 0.338 e. The van der Waals surface area contributed by atoms with Gasteiger partial charge in [0.1, 0.15) is 0 Å². The van der Waals surface area contributed by atoms with Crippen LogP contribution in [-0.4, -0.2) is 37.5 Å². The number of nitrogens with one attached hydrogen (secondary N) is 2. The molecule has 0 fully saturated rings. The molecule has 146 valence electrons. The summed E-state index contributed by atoms with van der Waals surface area (Å²) in [6.45, 7) is 2.65. The summed E-state index contributed by atoms with van der Waals surface area (Å²) in [5, 5.41) is 5.18. The van der Waals surface area contributed by atoms with Gasteiger partial charge in [-0.1, -0.05) is 6.07 Å². The first-order valence-corrected chi connectivity index (χ1v) is 8.33. The highest BCUT2D eigenvalue weighted by Crippen LogP contribution is 2.17. The van der Waals surface area contributed by atoms with Crippen molar-refractivity contribution in [1.29, 1.82) is 0 Å². The van der Waals surface area contributed by atoms with E-state index < -0.39 is 24.5 Å². The van der Waals surface area contributed by atoms with Crippen LogP contribution in [0.25, 0.3) is 0 Å².